The fourth-order valence-corrected chi connectivity index (χ4v) is 3.16. The number of nitrogens with two attached hydrogens (primary N) is 1. The van der Waals surface area contributed by atoms with Crippen molar-refractivity contribution in [1.82, 2.24) is 4.98 Å². The molecule has 0 amide bonds. The third-order valence-electron chi connectivity index (χ3n) is 4.39. The van der Waals surface area contributed by atoms with Crippen molar-refractivity contribution in [1.29, 1.82) is 0 Å². The number of aryl methyl sites for hydroxylation is 1. The molecule has 0 fully saturated rings. The Morgan fingerprint density at radius 1 is 0.826 bits per heavy atom. The summed E-state index contributed by atoms with van der Waals surface area (Å²) in [5.41, 5.74) is 10.7. The molecule has 1 atom stereocenters. The standard InChI is InChI=1S/C21H18N2/c1-14-13-17-12-11-15-7-5-6-10-18(15)21(17)23-20(14)19(22)16-8-3-2-4-9-16/h2-13,19H,22H2,1H3. The summed E-state index contributed by atoms with van der Waals surface area (Å²) in [7, 11) is 0. The Bertz CT molecular complexity index is 990. The minimum Gasteiger partial charge on any atom is -0.319 e. The van der Waals surface area contributed by atoms with Crippen LogP contribution in [0.2, 0.25) is 0 Å². The van der Waals surface area contributed by atoms with Crippen molar-refractivity contribution in [3.63, 3.8) is 0 Å². The first-order chi connectivity index (χ1) is 11.2. The maximum absolute atomic E-state index is 6.49. The molecule has 0 radical (unpaired) electrons. The topological polar surface area (TPSA) is 38.9 Å². The van der Waals surface area contributed by atoms with E-state index in [1.165, 1.54) is 10.8 Å². The largest absolute Gasteiger partial charge is 0.319 e. The fourth-order valence-electron chi connectivity index (χ4n) is 3.16. The quantitative estimate of drug-likeness (QED) is 0.543. The molecule has 0 aliphatic heterocycles. The van der Waals surface area contributed by atoms with Gasteiger partial charge in [0.1, 0.15) is 0 Å². The van der Waals surface area contributed by atoms with Gasteiger partial charge in [-0.25, -0.2) is 4.98 Å². The normalized spacial score (nSPS) is 12.6. The maximum atomic E-state index is 6.49. The molecule has 1 heterocycles. The molecule has 0 saturated carbocycles. The molecule has 2 N–H and O–H groups in total. The highest BCUT2D eigenvalue weighted by Gasteiger charge is 2.14. The third kappa shape index (κ3) is 2.37. The zero-order chi connectivity index (χ0) is 15.8. The van der Waals surface area contributed by atoms with Crippen LogP contribution in [0.1, 0.15) is 22.9 Å². The Morgan fingerprint density at radius 2 is 1.52 bits per heavy atom. The predicted octanol–water partition coefficient (Wildman–Crippen LogP) is 4.74. The first-order valence-corrected chi connectivity index (χ1v) is 7.83. The molecule has 23 heavy (non-hydrogen) atoms. The van der Waals surface area contributed by atoms with Crippen LogP contribution < -0.4 is 5.73 Å². The van der Waals surface area contributed by atoms with E-state index in [1.54, 1.807) is 0 Å². The van der Waals surface area contributed by atoms with Crippen molar-refractivity contribution in [2.45, 2.75) is 13.0 Å². The van der Waals surface area contributed by atoms with E-state index in [2.05, 4.69) is 61.5 Å². The molecule has 0 aliphatic carbocycles. The summed E-state index contributed by atoms with van der Waals surface area (Å²) in [6.45, 7) is 2.08. The lowest BCUT2D eigenvalue weighted by atomic mass is 9.98. The number of fused-ring (bicyclic) bond motifs is 3. The zero-order valence-electron chi connectivity index (χ0n) is 13.0. The molecule has 2 nitrogen and oxygen atoms in total. The van der Waals surface area contributed by atoms with Crippen LogP contribution in [0.25, 0.3) is 21.7 Å². The monoisotopic (exact) mass is 298 g/mol. The molecule has 4 aromatic rings. The van der Waals surface area contributed by atoms with Crippen molar-refractivity contribution in [2.24, 2.45) is 5.73 Å². The van der Waals surface area contributed by atoms with Gasteiger partial charge in [0.2, 0.25) is 0 Å². The highest BCUT2D eigenvalue weighted by atomic mass is 14.8. The summed E-state index contributed by atoms with van der Waals surface area (Å²) in [6, 6.07) is 24.8. The van der Waals surface area contributed by atoms with Crippen molar-refractivity contribution < 1.29 is 0 Å². The van der Waals surface area contributed by atoms with Crippen LogP contribution in [0.3, 0.4) is 0 Å². The van der Waals surface area contributed by atoms with Crippen LogP contribution in [-0.2, 0) is 0 Å². The van der Waals surface area contributed by atoms with Gasteiger partial charge in [0.15, 0.2) is 0 Å². The molecule has 2 heteroatoms. The summed E-state index contributed by atoms with van der Waals surface area (Å²) < 4.78 is 0. The van der Waals surface area contributed by atoms with Gasteiger partial charge in [-0.05, 0) is 29.5 Å². The number of pyridine rings is 1. The van der Waals surface area contributed by atoms with E-state index in [4.69, 9.17) is 10.7 Å². The van der Waals surface area contributed by atoms with Gasteiger partial charge < -0.3 is 5.73 Å². The van der Waals surface area contributed by atoms with Gasteiger partial charge >= 0.3 is 0 Å². The van der Waals surface area contributed by atoms with Crippen LogP contribution in [0.4, 0.5) is 0 Å². The number of benzene rings is 3. The lowest BCUT2D eigenvalue weighted by Crippen LogP contribution is -2.15. The van der Waals surface area contributed by atoms with Crippen molar-refractivity contribution in [2.75, 3.05) is 0 Å². The number of hydrogen-bond donors (Lipinski definition) is 1. The Labute approximate surface area is 135 Å². The average Bonchev–Trinajstić information content (AvgIpc) is 2.61. The lowest BCUT2D eigenvalue weighted by Gasteiger charge is -2.16. The molecular formula is C21H18N2. The molecule has 3 aromatic carbocycles. The van der Waals surface area contributed by atoms with Gasteiger partial charge in [-0.1, -0.05) is 66.7 Å². The molecule has 1 aromatic heterocycles. The number of aromatic nitrogens is 1. The Kier molecular flexibility index (Phi) is 3.32. The van der Waals surface area contributed by atoms with Crippen LogP contribution in [0.15, 0.2) is 72.8 Å². The molecule has 0 spiro atoms. The average molecular weight is 298 g/mol. The number of hydrogen-bond acceptors (Lipinski definition) is 2. The highest BCUT2D eigenvalue weighted by Crippen LogP contribution is 2.28. The first-order valence-electron chi connectivity index (χ1n) is 7.83. The molecule has 0 bridgehead atoms. The molecule has 112 valence electrons. The molecular weight excluding hydrogens is 280 g/mol. The summed E-state index contributed by atoms with van der Waals surface area (Å²) in [6.07, 6.45) is 0. The Hall–Kier alpha value is -2.71. The summed E-state index contributed by atoms with van der Waals surface area (Å²) in [5, 5.41) is 3.53. The Balaban J connectivity index is 1.97. The van der Waals surface area contributed by atoms with Crippen LogP contribution in [0, 0.1) is 6.92 Å². The van der Waals surface area contributed by atoms with E-state index in [0.717, 1.165) is 27.7 Å². The van der Waals surface area contributed by atoms with Gasteiger partial charge in [-0.15, -0.1) is 0 Å². The van der Waals surface area contributed by atoms with Crippen molar-refractivity contribution in [3.8, 4) is 0 Å². The van der Waals surface area contributed by atoms with Crippen LogP contribution >= 0.6 is 0 Å². The van der Waals surface area contributed by atoms with Crippen molar-refractivity contribution >= 4 is 21.7 Å². The maximum Gasteiger partial charge on any atom is 0.0784 e. The number of rotatable bonds is 2. The predicted molar refractivity (Wildman–Crippen MR) is 96.5 cm³/mol. The smallest absolute Gasteiger partial charge is 0.0784 e. The van der Waals surface area contributed by atoms with Gasteiger partial charge in [-0.2, -0.15) is 0 Å². The van der Waals surface area contributed by atoms with Gasteiger partial charge in [0, 0.05) is 10.8 Å². The van der Waals surface area contributed by atoms with Gasteiger partial charge in [-0.3, -0.25) is 0 Å². The third-order valence-corrected chi connectivity index (χ3v) is 4.39. The molecule has 1 unspecified atom stereocenters. The second kappa shape index (κ2) is 5.49. The summed E-state index contributed by atoms with van der Waals surface area (Å²) >= 11 is 0. The van der Waals surface area contributed by atoms with E-state index in [-0.39, 0.29) is 6.04 Å². The minimum absolute atomic E-state index is 0.209. The summed E-state index contributed by atoms with van der Waals surface area (Å²) in [4.78, 5) is 4.95. The minimum atomic E-state index is -0.209. The lowest BCUT2D eigenvalue weighted by molar-refractivity contribution is 0.826. The van der Waals surface area contributed by atoms with E-state index in [9.17, 15) is 0 Å². The second-order valence-electron chi connectivity index (χ2n) is 5.94. The van der Waals surface area contributed by atoms with Gasteiger partial charge in [0.25, 0.3) is 0 Å². The fraction of sp³-hybridized carbons (Fsp3) is 0.0952. The number of nitrogens with zero attached hydrogens (tertiary/aromatic N) is 1. The van der Waals surface area contributed by atoms with E-state index in [0.29, 0.717) is 0 Å². The molecule has 4 rings (SSSR count). The first kappa shape index (κ1) is 13.9. The van der Waals surface area contributed by atoms with Crippen LogP contribution in [-0.4, -0.2) is 4.98 Å². The molecule has 0 saturated heterocycles. The van der Waals surface area contributed by atoms with E-state index >= 15 is 0 Å². The van der Waals surface area contributed by atoms with Crippen molar-refractivity contribution in [3.05, 3.63) is 89.6 Å². The zero-order valence-corrected chi connectivity index (χ0v) is 13.0. The van der Waals surface area contributed by atoms with Crippen LogP contribution in [0.5, 0.6) is 0 Å². The summed E-state index contributed by atoms with van der Waals surface area (Å²) in [5.74, 6) is 0. The SMILES string of the molecule is Cc1cc2ccc3ccccc3c2nc1C(N)c1ccccc1. The van der Waals surface area contributed by atoms with E-state index in [1.807, 2.05) is 18.2 Å². The Morgan fingerprint density at radius 3 is 2.35 bits per heavy atom. The molecule has 0 aliphatic rings. The highest BCUT2D eigenvalue weighted by molar-refractivity contribution is 6.05. The van der Waals surface area contributed by atoms with E-state index < -0.39 is 0 Å². The second-order valence-corrected chi connectivity index (χ2v) is 5.94. The van der Waals surface area contributed by atoms with Gasteiger partial charge in [0.05, 0.1) is 17.3 Å².